The smallest absolute Gasteiger partial charge is 0.144 e. The number of benzene rings is 1. The van der Waals surface area contributed by atoms with E-state index in [4.69, 9.17) is 4.74 Å². The van der Waals surface area contributed by atoms with E-state index in [1.165, 1.54) is 0 Å². The molecule has 0 spiro atoms. The fraction of sp³-hybridized carbons (Fsp3) is 0.364. The average Bonchev–Trinajstić information content (AvgIpc) is 2.64. The molecule has 1 aliphatic rings. The number of rotatable bonds is 2. The number of methoxy groups -OCH3 is 1. The van der Waals surface area contributed by atoms with Crippen LogP contribution in [0.5, 0.6) is 5.75 Å². The van der Waals surface area contributed by atoms with Gasteiger partial charge in [0.2, 0.25) is 0 Å². The molecule has 1 aliphatic heterocycles. The number of hydrogen-bond acceptors (Lipinski definition) is 3. The van der Waals surface area contributed by atoms with Crippen molar-refractivity contribution >= 4 is 11.9 Å². The van der Waals surface area contributed by atoms with Gasteiger partial charge in [-0.1, -0.05) is 12.1 Å². The maximum atomic E-state index is 5.29. The number of nitrogens with zero attached hydrogens (tertiary/aromatic N) is 2. The van der Waals surface area contributed by atoms with E-state index in [9.17, 15) is 0 Å². The minimum atomic E-state index is 0.422. The van der Waals surface area contributed by atoms with Crippen molar-refractivity contribution in [3.8, 4) is 5.75 Å². The summed E-state index contributed by atoms with van der Waals surface area (Å²) in [6, 6.07) is 8.37. The van der Waals surface area contributed by atoms with Crippen LogP contribution in [0.3, 0.4) is 0 Å². The summed E-state index contributed by atoms with van der Waals surface area (Å²) in [5, 5.41) is 6.32. The van der Waals surface area contributed by atoms with E-state index < -0.39 is 0 Å². The molecule has 1 unspecified atom stereocenters. The second-order valence-electron chi connectivity index (χ2n) is 3.40. The molecule has 1 aromatic rings. The third-order valence-corrected chi connectivity index (χ3v) is 2.40. The molecular weight excluding hydrogens is 176 g/mol. The lowest BCUT2D eigenvalue weighted by Crippen LogP contribution is -2.22. The van der Waals surface area contributed by atoms with Gasteiger partial charge in [-0.05, 0) is 19.1 Å². The van der Waals surface area contributed by atoms with Crippen LogP contribution in [0, 0.1) is 0 Å². The number of anilines is 1. The van der Waals surface area contributed by atoms with Gasteiger partial charge in [0.1, 0.15) is 11.4 Å². The Morgan fingerprint density at radius 1 is 1.43 bits per heavy atom. The lowest BCUT2D eigenvalue weighted by molar-refractivity contribution is 0.413. The highest BCUT2D eigenvalue weighted by atomic mass is 16.5. The lowest BCUT2D eigenvalue weighted by atomic mass is 10.2. The second-order valence-corrected chi connectivity index (χ2v) is 3.40. The molecule has 3 nitrogen and oxygen atoms in total. The fourth-order valence-corrected chi connectivity index (χ4v) is 1.62. The molecule has 14 heavy (non-hydrogen) atoms. The Morgan fingerprint density at radius 3 is 2.86 bits per heavy atom. The molecule has 0 saturated carbocycles. The normalized spacial score (nSPS) is 20.1. The molecule has 0 N–H and O–H groups in total. The van der Waals surface area contributed by atoms with Crippen molar-refractivity contribution in [2.24, 2.45) is 5.10 Å². The first-order chi connectivity index (χ1) is 6.83. The number of hydrazone groups is 1. The van der Waals surface area contributed by atoms with Crippen LogP contribution >= 0.6 is 0 Å². The molecule has 0 saturated heterocycles. The molecular formula is C11H14N2O. The molecule has 0 bridgehead atoms. The maximum absolute atomic E-state index is 5.29. The molecule has 3 heteroatoms. The van der Waals surface area contributed by atoms with E-state index in [0.29, 0.717) is 6.04 Å². The molecule has 0 aromatic heterocycles. The standard InChI is InChI=1S/C11H14N2O/c1-9-7-8-12-13(9)10-5-3-4-6-11(10)14-2/h3-6,8-9H,7H2,1-2H3. The Labute approximate surface area is 84.0 Å². The third-order valence-electron chi connectivity index (χ3n) is 2.40. The van der Waals surface area contributed by atoms with Crippen LogP contribution in [0.2, 0.25) is 0 Å². The van der Waals surface area contributed by atoms with Crippen LogP contribution in [0.15, 0.2) is 29.4 Å². The van der Waals surface area contributed by atoms with Gasteiger partial charge in [0.05, 0.1) is 13.2 Å². The summed E-state index contributed by atoms with van der Waals surface area (Å²) in [7, 11) is 1.68. The van der Waals surface area contributed by atoms with Crippen molar-refractivity contribution in [3.63, 3.8) is 0 Å². The molecule has 1 heterocycles. The van der Waals surface area contributed by atoms with Gasteiger partial charge in [0.25, 0.3) is 0 Å². The van der Waals surface area contributed by atoms with E-state index in [-0.39, 0.29) is 0 Å². The quantitative estimate of drug-likeness (QED) is 0.714. The molecule has 0 fully saturated rings. The summed E-state index contributed by atoms with van der Waals surface area (Å²) in [6.45, 7) is 2.15. The van der Waals surface area contributed by atoms with Gasteiger partial charge in [-0.2, -0.15) is 5.10 Å². The van der Waals surface area contributed by atoms with Crippen molar-refractivity contribution < 1.29 is 4.74 Å². The first kappa shape index (κ1) is 9.06. The fourth-order valence-electron chi connectivity index (χ4n) is 1.62. The van der Waals surface area contributed by atoms with Crippen molar-refractivity contribution in [2.45, 2.75) is 19.4 Å². The Kier molecular flexibility index (Phi) is 2.39. The minimum Gasteiger partial charge on any atom is -0.495 e. The van der Waals surface area contributed by atoms with E-state index in [0.717, 1.165) is 17.9 Å². The highest BCUT2D eigenvalue weighted by molar-refractivity contribution is 5.69. The summed E-state index contributed by atoms with van der Waals surface area (Å²) in [5.74, 6) is 0.874. The zero-order valence-corrected chi connectivity index (χ0v) is 8.47. The van der Waals surface area contributed by atoms with E-state index >= 15 is 0 Å². The SMILES string of the molecule is COc1ccccc1N1N=CCC1C. The Bertz CT molecular complexity index is 349. The maximum Gasteiger partial charge on any atom is 0.144 e. The number of para-hydroxylation sites is 2. The summed E-state index contributed by atoms with van der Waals surface area (Å²) < 4.78 is 5.29. The van der Waals surface area contributed by atoms with Crippen LogP contribution in [0.25, 0.3) is 0 Å². The van der Waals surface area contributed by atoms with Crippen LogP contribution in [-0.4, -0.2) is 19.4 Å². The first-order valence-corrected chi connectivity index (χ1v) is 4.77. The monoisotopic (exact) mass is 190 g/mol. The summed E-state index contributed by atoms with van der Waals surface area (Å²) >= 11 is 0. The Morgan fingerprint density at radius 2 is 2.21 bits per heavy atom. The van der Waals surface area contributed by atoms with Gasteiger partial charge in [0, 0.05) is 12.6 Å². The van der Waals surface area contributed by atoms with Gasteiger partial charge in [-0.3, -0.25) is 5.01 Å². The van der Waals surface area contributed by atoms with Crippen molar-refractivity contribution in [1.29, 1.82) is 0 Å². The van der Waals surface area contributed by atoms with E-state index in [1.54, 1.807) is 7.11 Å². The zero-order chi connectivity index (χ0) is 9.97. The highest BCUT2D eigenvalue weighted by Gasteiger charge is 2.19. The van der Waals surface area contributed by atoms with Gasteiger partial charge in [-0.25, -0.2) is 0 Å². The minimum absolute atomic E-state index is 0.422. The molecule has 0 radical (unpaired) electrons. The zero-order valence-electron chi connectivity index (χ0n) is 8.47. The van der Waals surface area contributed by atoms with Crippen LogP contribution < -0.4 is 9.75 Å². The first-order valence-electron chi connectivity index (χ1n) is 4.77. The predicted molar refractivity (Wildman–Crippen MR) is 58.0 cm³/mol. The average molecular weight is 190 g/mol. The molecule has 0 amide bonds. The topological polar surface area (TPSA) is 24.8 Å². The summed E-state index contributed by atoms with van der Waals surface area (Å²) in [6.07, 6.45) is 2.94. The summed E-state index contributed by atoms with van der Waals surface area (Å²) in [5.41, 5.74) is 1.04. The summed E-state index contributed by atoms with van der Waals surface area (Å²) in [4.78, 5) is 0. The van der Waals surface area contributed by atoms with Crippen LogP contribution in [0.4, 0.5) is 5.69 Å². The van der Waals surface area contributed by atoms with E-state index in [1.807, 2.05) is 35.5 Å². The van der Waals surface area contributed by atoms with E-state index in [2.05, 4.69) is 12.0 Å². The van der Waals surface area contributed by atoms with Gasteiger partial charge < -0.3 is 4.74 Å². The van der Waals surface area contributed by atoms with Crippen molar-refractivity contribution in [1.82, 2.24) is 0 Å². The largest absolute Gasteiger partial charge is 0.495 e. The molecule has 0 aliphatic carbocycles. The predicted octanol–water partition coefficient (Wildman–Crippen LogP) is 2.28. The van der Waals surface area contributed by atoms with Gasteiger partial charge >= 0.3 is 0 Å². The molecule has 1 atom stereocenters. The molecule has 74 valence electrons. The number of ether oxygens (including phenoxy) is 1. The van der Waals surface area contributed by atoms with Gasteiger partial charge in [0.15, 0.2) is 0 Å². The Hall–Kier alpha value is -1.51. The van der Waals surface area contributed by atoms with Crippen molar-refractivity contribution in [3.05, 3.63) is 24.3 Å². The van der Waals surface area contributed by atoms with Gasteiger partial charge in [-0.15, -0.1) is 0 Å². The lowest BCUT2D eigenvalue weighted by Gasteiger charge is -2.22. The van der Waals surface area contributed by atoms with Crippen LogP contribution in [0.1, 0.15) is 13.3 Å². The van der Waals surface area contributed by atoms with Crippen molar-refractivity contribution in [2.75, 3.05) is 12.1 Å². The Balaban J connectivity index is 2.35. The van der Waals surface area contributed by atoms with Crippen LogP contribution in [-0.2, 0) is 0 Å². The number of hydrogen-bond donors (Lipinski definition) is 0. The molecule has 2 rings (SSSR count). The third kappa shape index (κ3) is 1.45. The molecule has 1 aromatic carbocycles. The highest BCUT2D eigenvalue weighted by Crippen LogP contribution is 2.31. The second kappa shape index (κ2) is 3.70.